The third-order valence-corrected chi connectivity index (χ3v) is 3.31. The molecule has 0 bridgehead atoms. The Hall–Kier alpha value is -2.08. The van der Waals surface area contributed by atoms with Gasteiger partial charge in [-0.1, -0.05) is 6.92 Å². The lowest BCUT2D eigenvalue weighted by Crippen LogP contribution is -2.47. The van der Waals surface area contributed by atoms with Crippen LogP contribution in [0.15, 0.2) is 30.6 Å². The number of nitrogens with two attached hydrogens (primary N) is 1. The monoisotopic (exact) mass is 259 g/mol. The molecule has 100 valence electrons. The Kier molecular flexibility index (Phi) is 3.08. The van der Waals surface area contributed by atoms with Crippen molar-refractivity contribution >= 4 is 5.69 Å². The molecule has 1 aliphatic heterocycles. The highest BCUT2D eigenvalue weighted by Crippen LogP contribution is 2.23. The predicted octanol–water partition coefficient (Wildman–Crippen LogP) is 1.53. The largest absolute Gasteiger partial charge is 0.419 e. The molecule has 6 nitrogen and oxygen atoms in total. The summed E-state index contributed by atoms with van der Waals surface area (Å²) in [6.07, 6.45) is 3.52. The summed E-state index contributed by atoms with van der Waals surface area (Å²) in [6.45, 7) is 5.37. The molecule has 1 aliphatic rings. The van der Waals surface area contributed by atoms with Crippen molar-refractivity contribution < 1.29 is 4.74 Å². The Balaban J connectivity index is 1.63. The van der Waals surface area contributed by atoms with Crippen LogP contribution in [0.3, 0.4) is 0 Å². The molecule has 0 radical (unpaired) electrons. The average Bonchev–Trinajstić information content (AvgIpc) is 2.79. The fraction of sp³-hybridized carbons (Fsp3) is 0.385. The van der Waals surface area contributed by atoms with E-state index in [4.69, 9.17) is 10.5 Å². The minimum atomic E-state index is 0.455. The number of hydrogen-bond donors (Lipinski definition) is 1. The first-order chi connectivity index (χ1) is 9.24. The van der Waals surface area contributed by atoms with Crippen molar-refractivity contribution in [2.24, 2.45) is 0 Å². The molecule has 2 aromatic heterocycles. The molecule has 0 saturated carbocycles. The maximum absolute atomic E-state index is 5.57. The highest BCUT2D eigenvalue weighted by Gasteiger charge is 2.27. The van der Waals surface area contributed by atoms with E-state index in [0.717, 1.165) is 19.6 Å². The molecule has 1 saturated heterocycles. The molecule has 2 N–H and O–H groups in total. The van der Waals surface area contributed by atoms with Gasteiger partial charge >= 0.3 is 0 Å². The second-order valence-corrected chi connectivity index (χ2v) is 4.67. The molecule has 6 heteroatoms. The van der Waals surface area contributed by atoms with Crippen LogP contribution in [0.1, 0.15) is 13.0 Å². The number of nitrogen functional groups attached to an aromatic ring is 1. The van der Waals surface area contributed by atoms with Gasteiger partial charge in [-0.2, -0.15) is 0 Å². The molecule has 1 fully saturated rings. The van der Waals surface area contributed by atoms with Gasteiger partial charge in [0.1, 0.15) is 0 Å². The van der Waals surface area contributed by atoms with E-state index < -0.39 is 0 Å². The summed E-state index contributed by atoms with van der Waals surface area (Å²) in [5, 5.41) is 4.42. The number of ether oxygens (including phenoxy) is 1. The van der Waals surface area contributed by atoms with E-state index in [1.807, 2.05) is 16.9 Å². The summed E-state index contributed by atoms with van der Waals surface area (Å²) in [6, 6.07) is 5.80. The van der Waals surface area contributed by atoms with Gasteiger partial charge in [-0.15, -0.1) is 5.10 Å². The number of anilines is 1. The number of likely N-dealkylation sites (N-methyl/N-ethyl adjacent to an activating group) is 1. The van der Waals surface area contributed by atoms with Crippen LogP contribution in [-0.4, -0.2) is 39.3 Å². The van der Waals surface area contributed by atoms with Gasteiger partial charge in [-0.25, -0.2) is 4.98 Å². The maximum atomic E-state index is 5.57. The molecule has 3 heterocycles. The zero-order chi connectivity index (χ0) is 13.2. The van der Waals surface area contributed by atoms with Gasteiger partial charge in [0.25, 0.3) is 0 Å². The van der Waals surface area contributed by atoms with Crippen molar-refractivity contribution in [3.05, 3.63) is 30.6 Å². The molecule has 0 amide bonds. The smallest absolute Gasteiger partial charge is 0.240 e. The Morgan fingerprint density at radius 1 is 1.32 bits per heavy atom. The predicted molar refractivity (Wildman–Crippen MR) is 72.1 cm³/mol. The SMILES string of the molecule is CCN1CC(n2ccc(Oc3ccc(N)cn3)n2)C1. The molecule has 0 spiro atoms. The number of rotatable bonds is 4. The van der Waals surface area contributed by atoms with Crippen molar-refractivity contribution in [3.63, 3.8) is 0 Å². The van der Waals surface area contributed by atoms with Crippen LogP contribution in [-0.2, 0) is 0 Å². The third kappa shape index (κ3) is 2.53. The summed E-state index contributed by atoms with van der Waals surface area (Å²) in [5.74, 6) is 1.07. The first-order valence-electron chi connectivity index (χ1n) is 6.41. The summed E-state index contributed by atoms with van der Waals surface area (Å²) in [5.41, 5.74) is 6.19. The second kappa shape index (κ2) is 4.89. The van der Waals surface area contributed by atoms with E-state index >= 15 is 0 Å². The minimum Gasteiger partial charge on any atom is -0.419 e. The van der Waals surface area contributed by atoms with Crippen molar-refractivity contribution in [1.29, 1.82) is 0 Å². The second-order valence-electron chi connectivity index (χ2n) is 4.67. The van der Waals surface area contributed by atoms with Gasteiger partial charge in [0.15, 0.2) is 0 Å². The molecular formula is C13H17N5O. The van der Waals surface area contributed by atoms with Crippen molar-refractivity contribution in [2.75, 3.05) is 25.4 Å². The van der Waals surface area contributed by atoms with Crippen LogP contribution in [0.5, 0.6) is 11.8 Å². The fourth-order valence-electron chi connectivity index (χ4n) is 2.11. The lowest BCUT2D eigenvalue weighted by Gasteiger charge is -2.38. The molecule has 19 heavy (non-hydrogen) atoms. The van der Waals surface area contributed by atoms with Crippen LogP contribution in [0.4, 0.5) is 5.69 Å². The van der Waals surface area contributed by atoms with Crippen LogP contribution >= 0.6 is 0 Å². The van der Waals surface area contributed by atoms with E-state index in [1.54, 1.807) is 18.3 Å². The van der Waals surface area contributed by atoms with Crippen LogP contribution < -0.4 is 10.5 Å². The highest BCUT2D eigenvalue weighted by molar-refractivity contribution is 5.36. The van der Waals surface area contributed by atoms with E-state index in [0.29, 0.717) is 23.5 Å². The standard InChI is InChI=1S/C13H17N5O/c1-2-17-8-11(9-17)18-6-5-13(16-18)19-12-4-3-10(14)7-15-12/h3-7,11H,2,8-9,14H2,1H3. The number of hydrogen-bond acceptors (Lipinski definition) is 5. The maximum Gasteiger partial charge on any atom is 0.240 e. The third-order valence-electron chi connectivity index (χ3n) is 3.31. The number of aromatic nitrogens is 3. The van der Waals surface area contributed by atoms with Gasteiger partial charge < -0.3 is 10.5 Å². The van der Waals surface area contributed by atoms with Crippen molar-refractivity contribution in [2.45, 2.75) is 13.0 Å². The van der Waals surface area contributed by atoms with Crippen LogP contribution in [0, 0.1) is 0 Å². The lowest BCUT2D eigenvalue weighted by molar-refractivity contribution is 0.105. The molecule has 2 aromatic rings. The molecule has 0 atom stereocenters. The lowest BCUT2D eigenvalue weighted by atomic mass is 10.1. The normalized spacial score (nSPS) is 16.3. The molecule has 3 rings (SSSR count). The summed E-state index contributed by atoms with van der Waals surface area (Å²) < 4.78 is 7.53. The van der Waals surface area contributed by atoms with E-state index in [9.17, 15) is 0 Å². The van der Waals surface area contributed by atoms with Gasteiger partial charge in [0, 0.05) is 31.4 Å². The fourth-order valence-corrected chi connectivity index (χ4v) is 2.11. The molecule has 0 unspecified atom stereocenters. The Morgan fingerprint density at radius 2 is 2.16 bits per heavy atom. The molecule has 0 aliphatic carbocycles. The van der Waals surface area contributed by atoms with Crippen molar-refractivity contribution in [1.82, 2.24) is 19.7 Å². The average molecular weight is 259 g/mol. The van der Waals surface area contributed by atoms with Gasteiger partial charge in [0.05, 0.1) is 17.9 Å². The van der Waals surface area contributed by atoms with Gasteiger partial charge in [-0.3, -0.25) is 9.58 Å². The van der Waals surface area contributed by atoms with Gasteiger partial charge in [-0.05, 0) is 12.6 Å². The zero-order valence-corrected chi connectivity index (χ0v) is 10.9. The van der Waals surface area contributed by atoms with E-state index in [1.165, 1.54) is 0 Å². The Bertz CT molecular complexity index is 544. The quantitative estimate of drug-likeness (QED) is 0.901. The Labute approximate surface area is 111 Å². The summed E-state index contributed by atoms with van der Waals surface area (Å²) in [4.78, 5) is 6.45. The van der Waals surface area contributed by atoms with Crippen LogP contribution in [0.2, 0.25) is 0 Å². The van der Waals surface area contributed by atoms with Crippen LogP contribution in [0.25, 0.3) is 0 Å². The first kappa shape index (κ1) is 12.0. The Morgan fingerprint density at radius 3 is 2.84 bits per heavy atom. The topological polar surface area (TPSA) is 69.2 Å². The van der Waals surface area contributed by atoms with E-state index in [-0.39, 0.29) is 0 Å². The summed E-state index contributed by atoms with van der Waals surface area (Å²) in [7, 11) is 0. The number of nitrogens with zero attached hydrogens (tertiary/aromatic N) is 4. The first-order valence-corrected chi connectivity index (χ1v) is 6.41. The number of pyridine rings is 1. The van der Waals surface area contributed by atoms with E-state index in [2.05, 4.69) is 21.9 Å². The minimum absolute atomic E-state index is 0.455. The van der Waals surface area contributed by atoms with Crippen molar-refractivity contribution in [3.8, 4) is 11.8 Å². The number of likely N-dealkylation sites (tertiary alicyclic amines) is 1. The molecular weight excluding hydrogens is 242 g/mol. The van der Waals surface area contributed by atoms with Gasteiger partial charge in [0.2, 0.25) is 11.8 Å². The highest BCUT2D eigenvalue weighted by atomic mass is 16.5. The molecule has 0 aromatic carbocycles. The summed E-state index contributed by atoms with van der Waals surface area (Å²) >= 11 is 0. The zero-order valence-electron chi connectivity index (χ0n) is 10.9.